The molecule has 0 unspecified atom stereocenters. The average Bonchev–Trinajstić information content (AvgIpc) is 3.27. The van der Waals surface area contributed by atoms with E-state index in [4.69, 9.17) is 0 Å². The van der Waals surface area contributed by atoms with Crippen LogP contribution in [0.3, 0.4) is 0 Å². The molecular formula is C20H23N5O2S. The Labute approximate surface area is 167 Å². The maximum atomic E-state index is 12.5. The molecule has 146 valence electrons. The third kappa shape index (κ3) is 4.01. The van der Waals surface area contributed by atoms with Crippen LogP contribution < -0.4 is 10.6 Å². The molecule has 0 radical (unpaired) electrons. The number of aromatic nitrogens is 2. The van der Waals surface area contributed by atoms with Crippen LogP contribution in [0.15, 0.2) is 30.5 Å². The summed E-state index contributed by atoms with van der Waals surface area (Å²) in [6, 6.07) is 8.16. The first-order chi connectivity index (χ1) is 13.6. The number of thiazole rings is 1. The van der Waals surface area contributed by atoms with Crippen molar-refractivity contribution in [2.75, 3.05) is 18.4 Å². The number of aryl methyl sites for hydroxylation is 1. The molecule has 1 aliphatic heterocycles. The lowest BCUT2D eigenvalue weighted by atomic mass is 10.0. The molecule has 4 rings (SSSR count). The second kappa shape index (κ2) is 8.02. The van der Waals surface area contributed by atoms with Gasteiger partial charge in [0, 0.05) is 47.2 Å². The first-order valence-electron chi connectivity index (χ1n) is 9.43. The van der Waals surface area contributed by atoms with Crippen LogP contribution in [0, 0.1) is 6.92 Å². The number of H-pyrrole nitrogens is 1. The minimum Gasteiger partial charge on any atom is -0.357 e. The summed E-state index contributed by atoms with van der Waals surface area (Å²) in [5, 5.41) is 7.57. The summed E-state index contributed by atoms with van der Waals surface area (Å²) in [6.45, 7) is 3.70. The maximum Gasteiger partial charge on any atom is 0.317 e. The van der Waals surface area contributed by atoms with Gasteiger partial charge in [-0.05, 0) is 31.4 Å². The first kappa shape index (κ1) is 18.5. The highest BCUT2D eigenvalue weighted by Gasteiger charge is 2.23. The number of nitrogens with one attached hydrogen (secondary N) is 3. The number of urea groups is 1. The minimum absolute atomic E-state index is 0.0794. The van der Waals surface area contributed by atoms with E-state index in [2.05, 4.69) is 32.7 Å². The van der Waals surface area contributed by atoms with E-state index in [0.29, 0.717) is 37.6 Å². The number of anilines is 1. The van der Waals surface area contributed by atoms with E-state index in [1.165, 1.54) is 22.3 Å². The average molecular weight is 398 g/mol. The summed E-state index contributed by atoms with van der Waals surface area (Å²) >= 11 is 1.45. The van der Waals surface area contributed by atoms with E-state index in [1.807, 2.05) is 24.0 Å². The van der Waals surface area contributed by atoms with E-state index < -0.39 is 0 Å². The summed E-state index contributed by atoms with van der Waals surface area (Å²) in [4.78, 5) is 34.8. The maximum absolute atomic E-state index is 12.5. The molecule has 1 aromatic carbocycles. The zero-order valence-electron chi connectivity index (χ0n) is 15.7. The molecule has 28 heavy (non-hydrogen) atoms. The third-order valence-corrected chi connectivity index (χ3v) is 5.72. The fourth-order valence-electron chi connectivity index (χ4n) is 3.52. The van der Waals surface area contributed by atoms with Crippen molar-refractivity contribution in [3.05, 3.63) is 46.6 Å². The van der Waals surface area contributed by atoms with Gasteiger partial charge in [-0.15, -0.1) is 11.3 Å². The zero-order valence-corrected chi connectivity index (χ0v) is 16.6. The van der Waals surface area contributed by atoms with Crippen LogP contribution >= 0.6 is 11.3 Å². The highest BCUT2D eigenvalue weighted by atomic mass is 32.1. The van der Waals surface area contributed by atoms with Crippen molar-refractivity contribution in [3.8, 4) is 0 Å². The molecular weight excluding hydrogens is 374 g/mol. The number of fused-ring (bicyclic) bond motifs is 3. The first-order valence-corrected chi connectivity index (χ1v) is 10.3. The smallest absolute Gasteiger partial charge is 0.317 e. The number of aromatic amines is 1. The topological polar surface area (TPSA) is 90.1 Å². The molecule has 3 aromatic rings. The van der Waals surface area contributed by atoms with Crippen molar-refractivity contribution in [2.24, 2.45) is 0 Å². The van der Waals surface area contributed by atoms with Crippen LogP contribution in [0.4, 0.5) is 9.93 Å². The molecule has 0 aliphatic carbocycles. The Morgan fingerprint density at radius 3 is 3.00 bits per heavy atom. The quantitative estimate of drug-likeness (QED) is 0.576. The van der Waals surface area contributed by atoms with Gasteiger partial charge in [-0.25, -0.2) is 9.78 Å². The molecule has 3 amide bonds. The zero-order chi connectivity index (χ0) is 19.5. The fourth-order valence-corrected chi connectivity index (χ4v) is 4.20. The monoisotopic (exact) mass is 397 g/mol. The number of rotatable bonds is 5. The summed E-state index contributed by atoms with van der Waals surface area (Å²) in [5.74, 6) is -0.0794. The van der Waals surface area contributed by atoms with Crippen LogP contribution in [0.1, 0.15) is 29.0 Å². The largest absolute Gasteiger partial charge is 0.357 e. The molecule has 0 spiro atoms. The van der Waals surface area contributed by atoms with Gasteiger partial charge in [-0.1, -0.05) is 18.2 Å². The van der Waals surface area contributed by atoms with Gasteiger partial charge in [0.05, 0.1) is 6.54 Å². The molecule has 0 saturated heterocycles. The second-order valence-electron chi connectivity index (χ2n) is 6.96. The van der Waals surface area contributed by atoms with E-state index >= 15 is 0 Å². The van der Waals surface area contributed by atoms with E-state index in [9.17, 15) is 9.59 Å². The number of para-hydroxylation sites is 1. The second-order valence-corrected chi connectivity index (χ2v) is 8.19. The van der Waals surface area contributed by atoms with Crippen LogP contribution in [0.2, 0.25) is 0 Å². The summed E-state index contributed by atoms with van der Waals surface area (Å²) in [6.07, 6.45) is 3.53. The van der Waals surface area contributed by atoms with E-state index in [1.54, 1.807) is 6.20 Å². The lowest BCUT2D eigenvalue weighted by molar-refractivity contribution is -0.116. The minimum atomic E-state index is -0.0831. The number of amides is 3. The summed E-state index contributed by atoms with van der Waals surface area (Å²) < 4.78 is 0. The predicted octanol–water partition coefficient (Wildman–Crippen LogP) is 3.42. The van der Waals surface area contributed by atoms with Crippen molar-refractivity contribution in [1.29, 1.82) is 0 Å². The number of carbonyl (C=O) groups is 2. The summed E-state index contributed by atoms with van der Waals surface area (Å²) in [5.41, 5.74) is 3.55. The third-order valence-electron chi connectivity index (χ3n) is 4.89. The van der Waals surface area contributed by atoms with Crippen LogP contribution in [-0.4, -0.2) is 39.9 Å². The van der Waals surface area contributed by atoms with Gasteiger partial charge < -0.3 is 20.5 Å². The highest BCUT2D eigenvalue weighted by molar-refractivity contribution is 7.15. The van der Waals surface area contributed by atoms with Crippen molar-refractivity contribution in [3.63, 3.8) is 0 Å². The van der Waals surface area contributed by atoms with Crippen LogP contribution in [0.25, 0.3) is 10.9 Å². The van der Waals surface area contributed by atoms with Gasteiger partial charge in [-0.3, -0.25) is 4.79 Å². The molecule has 0 fully saturated rings. The molecule has 2 aromatic heterocycles. The lowest BCUT2D eigenvalue weighted by Gasteiger charge is -2.27. The van der Waals surface area contributed by atoms with E-state index in [-0.39, 0.29) is 11.9 Å². The lowest BCUT2D eigenvalue weighted by Crippen LogP contribution is -2.43. The SMILES string of the molecule is Cc1cnc(NC(=O)CCCNC(=O)N2CCc3c([nH]c4ccccc34)C2)s1. The fraction of sp³-hybridized carbons (Fsp3) is 0.350. The molecule has 1 aliphatic rings. The van der Waals surface area contributed by atoms with Crippen molar-refractivity contribution in [1.82, 2.24) is 20.2 Å². The number of carbonyl (C=O) groups excluding carboxylic acids is 2. The number of hydrogen-bond acceptors (Lipinski definition) is 4. The Kier molecular flexibility index (Phi) is 5.29. The molecule has 0 bridgehead atoms. The normalized spacial score (nSPS) is 13.4. The van der Waals surface area contributed by atoms with Crippen LogP contribution in [0.5, 0.6) is 0 Å². The van der Waals surface area contributed by atoms with Crippen molar-refractivity contribution < 1.29 is 9.59 Å². The summed E-state index contributed by atoms with van der Waals surface area (Å²) in [7, 11) is 0. The van der Waals surface area contributed by atoms with Gasteiger partial charge in [0.1, 0.15) is 0 Å². The van der Waals surface area contributed by atoms with Crippen molar-refractivity contribution in [2.45, 2.75) is 32.7 Å². The van der Waals surface area contributed by atoms with Gasteiger partial charge in [0.2, 0.25) is 5.91 Å². The molecule has 3 heterocycles. The van der Waals surface area contributed by atoms with Gasteiger partial charge in [0.15, 0.2) is 5.13 Å². The Bertz CT molecular complexity index is 1010. The van der Waals surface area contributed by atoms with Gasteiger partial charge in [-0.2, -0.15) is 0 Å². The Morgan fingerprint density at radius 2 is 2.18 bits per heavy atom. The number of hydrogen-bond donors (Lipinski definition) is 3. The van der Waals surface area contributed by atoms with E-state index in [0.717, 1.165) is 22.5 Å². The Hall–Kier alpha value is -2.87. The predicted molar refractivity (Wildman–Crippen MR) is 111 cm³/mol. The van der Waals surface area contributed by atoms with Gasteiger partial charge in [0.25, 0.3) is 0 Å². The molecule has 3 N–H and O–H groups in total. The molecule has 7 nitrogen and oxygen atoms in total. The van der Waals surface area contributed by atoms with Crippen molar-refractivity contribution >= 4 is 39.3 Å². The number of nitrogens with zero attached hydrogens (tertiary/aromatic N) is 2. The molecule has 8 heteroatoms. The van der Waals surface area contributed by atoms with Crippen LogP contribution in [-0.2, 0) is 17.8 Å². The Morgan fingerprint density at radius 1 is 1.32 bits per heavy atom. The number of benzene rings is 1. The molecule has 0 saturated carbocycles. The van der Waals surface area contributed by atoms with Gasteiger partial charge >= 0.3 is 6.03 Å². The highest BCUT2D eigenvalue weighted by Crippen LogP contribution is 2.27. The molecule has 0 atom stereocenters. The standard InChI is InChI=1S/C20H23N5O2S/c1-13-11-22-19(28-13)24-18(26)7-4-9-21-20(27)25-10-8-15-14-5-2-3-6-16(14)23-17(15)12-25/h2-3,5-6,11,23H,4,7-10,12H2,1H3,(H,21,27)(H,22,24,26). The Balaban J connectivity index is 1.23.